The molecule has 2 aromatic carbocycles. The van der Waals surface area contributed by atoms with E-state index in [4.69, 9.17) is 5.73 Å². The summed E-state index contributed by atoms with van der Waals surface area (Å²) in [5.74, 6) is -0.0142. The number of carbonyl (C=O) groups excluding carboxylic acids is 1. The fraction of sp³-hybridized carbons (Fsp3) is 0.235. The minimum atomic E-state index is -0.0142. The molecule has 0 aromatic heterocycles. The first-order valence-corrected chi connectivity index (χ1v) is 6.89. The van der Waals surface area contributed by atoms with E-state index in [-0.39, 0.29) is 11.9 Å². The summed E-state index contributed by atoms with van der Waals surface area (Å²) in [7, 11) is 0. The average Bonchev–Trinajstić information content (AvgIpc) is 2.81. The van der Waals surface area contributed by atoms with Crippen LogP contribution < -0.4 is 11.1 Å². The van der Waals surface area contributed by atoms with Crippen LogP contribution in [-0.4, -0.2) is 5.91 Å². The van der Waals surface area contributed by atoms with Gasteiger partial charge in [-0.15, -0.1) is 0 Å². The number of anilines is 1. The summed E-state index contributed by atoms with van der Waals surface area (Å²) in [6.45, 7) is 2.01. The number of nitrogens with one attached hydrogen (secondary N) is 1. The average molecular weight is 266 g/mol. The monoisotopic (exact) mass is 266 g/mol. The third-order valence-electron chi connectivity index (χ3n) is 3.86. The molecule has 1 amide bonds. The Hall–Kier alpha value is -2.29. The van der Waals surface area contributed by atoms with E-state index in [1.165, 1.54) is 11.1 Å². The highest BCUT2D eigenvalue weighted by Crippen LogP contribution is 2.32. The first-order chi connectivity index (χ1) is 9.63. The van der Waals surface area contributed by atoms with Crippen LogP contribution in [0.25, 0.3) is 0 Å². The summed E-state index contributed by atoms with van der Waals surface area (Å²) in [5, 5.41) is 3.11. The number of rotatable bonds is 2. The van der Waals surface area contributed by atoms with Crippen LogP contribution in [0.3, 0.4) is 0 Å². The molecule has 1 aliphatic carbocycles. The second-order valence-corrected chi connectivity index (χ2v) is 5.39. The predicted molar refractivity (Wildman–Crippen MR) is 80.6 cm³/mol. The van der Waals surface area contributed by atoms with Gasteiger partial charge >= 0.3 is 0 Å². The number of aryl methyl sites for hydroxylation is 2. The van der Waals surface area contributed by atoms with Gasteiger partial charge in [-0.05, 0) is 55.2 Å². The molecule has 1 unspecified atom stereocenters. The van der Waals surface area contributed by atoms with Gasteiger partial charge in [-0.2, -0.15) is 0 Å². The van der Waals surface area contributed by atoms with Gasteiger partial charge in [0.25, 0.3) is 5.91 Å². The molecule has 0 radical (unpaired) electrons. The smallest absolute Gasteiger partial charge is 0.251 e. The fourth-order valence-corrected chi connectivity index (χ4v) is 2.73. The lowest BCUT2D eigenvalue weighted by molar-refractivity contribution is 0.0936. The minimum absolute atomic E-state index is 0.0142. The van der Waals surface area contributed by atoms with Gasteiger partial charge in [0.05, 0.1) is 6.04 Å². The maximum atomic E-state index is 12.3. The number of hydrogen-bond donors (Lipinski definition) is 2. The molecule has 20 heavy (non-hydrogen) atoms. The Labute approximate surface area is 118 Å². The van der Waals surface area contributed by atoms with Crippen molar-refractivity contribution in [1.29, 1.82) is 0 Å². The Morgan fingerprint density at radius 1 is 1.20 bits per heavy atom. The second kappa shape index (κ2) is 5.00. The number of amides is 1. The number of nitrogen functional groups attached to an aromatic ring is 1. The first-order valence-electron chi connectivity index (χ1n) is 6.89. The summed E-state index contributed by atoms with van der Waals surface area (Å²) in [4.78, 5) is 12.3. The normalized spacial score (nSPS) is 16.8. The van der Waals surface area contributed by atoms with Crippen molar-refractivity contribution in [3.8, 4) is 0 Å². The van der Waals surface area contributed by atoms with Gasteiger partial charge in [0.2, 0.25) is 0 Å². The third-order valence-corrected chi connectivity index (χ3v) is 3.86. The molecule has 0 saturated heterocycles. The maximum Gasteiger partial charge on any atom is 0.251 e. The first kappa shape index (κ1) is 12.7. The third kappa shape index (κ3) is 2.39. The Balaban J connectivity index is 1.77. The highest BCUT2D eigenvalue weighted by Gasteiger charge is 2.24. The van der Waals surface area contributed by atoms with Gasteiger partial charge in [0.15, 0.2) is 0 Å². The van der Waals surface area contributed by atoms with Gasteiger partial charge in [-0.25, -0.2) is 0 Å². The van der Waals surface area contributed by atoms with Crippen molar-refractivity contribution in [2.45, 2.75) is 25.8 Å². The van der Waals surface area contributed by atoms with Crippen LogP contribution in [-0.2, 0) is 6.42 Å². The van der Waals surface area contributed by atoms with Crippen molar-refractivity contribution < 1.29 is 4.79 Å². The molecule has 3 N–H and O–H groups in total. The lowest BCUT2D eigenvalue weighted by Crippen LogP contribution is -2.27. The van der Waals surface area contributed by atoms with Crippen molar-refractivity contribution in [3.63, 3.8) is 0 Å². The number of benzene rings is 2. The van der Waals surface area contributed by atoms with Crippen molar-refractivity contribution in [2.24, 2.45) is 0 Å². The van der Waals surface area contributed by atoms with Crippen LogP contribution in [0.15, 0.2) is 42.5 Å². The van der Waals surface area contributed by atoms with Crippen LogP contribution in [0.1, 0.15) is 39.5 Å². The molecule has 0 aliphatic heterocycles. The zero-order valence-electron chi connectivity index (χ0n) is 11.5. The quantitative estimate of drug-likeness (QED) is 0.821. The van der Waals surface area contributed by atoms with Gasteiger partial charge in [0, 0.05) is 11.3 Å². The number of nitrogens with two attached hydrogens (primary N) is 1. The lowest BCUT2D eigenvalue weighted by atomic mass is 10.1. The van der Waals surface area contributed by atoms with E-state index in [2.05, 4.69) is 5.32 Å². The van der Waals surface area contributed by atoms with Crippen LogP contribution in [0, 0.1) is 6.92 Å². The Morgan fingerprint density at radius 3 is 2.70 bits per heavy atom. The van der Waals surface area contributed by atoms with Crippen molar-refractivity contribution in [1.82, 2.24) is 5.32 Å². The van der Waals surface area contributed by atoms with E-state index in [0.717, 1.165) is 24.1 Å². The molecule has 0 fully saturated rings. The molecule has 2 aromatic rings. The maximum absolute atomic E-state index is 12.3. The van der Waals surface area contributed by atoms with E-state index in [9.17, 15) is 4.79 Å². The van der Waals surface area contributed by atoms with Gasteiger partial charge in [-0.1, -0.05) is 23.8 Å². The highest BCUT2D eigenvalue weighted by atomic mass is 16.1. The highest BCUT2D eigenvalue weighted by molar-refractivity contribution is 5.94. The summed E-state index contributed by atoms with van der Waals surface area (Å²) in [5.41, 5.74) is 10.9. The van der Waals surface area contributed by atoms with Crippen LogP contribution in [0.4, 0.5) is 5.69 Å². The molecular weight excluding hydrogens is 248 g/mol. The molecule has 3 rings (SSSR count). The molecule has 1 aliphatic rings. The largest absolute Gasteiger partial charge is 0.399 e. The van der Waals surface area contributed by atoms with Crippen LogP contribution in [0.2, 0.25) is 0 Å². The van der Waals surface area contributed by atoms with Crippen molar-refractivity contribution in [2.75, 3.05) is 5.73 Å². The standard InChI is InChI=1S/C17H18N2O/c1-11-2-4-12(5-3-11)17(20)19-16-9-6-13-10-14(18)7-8-15(13)16/h2-5,7-8,10,16H,6,9,18H2,1H3,(H,19,20). The fourth-order valence-electron chi connectivity index (χ4n) is 2.73. The van der Waals surface area contributed by atoms with E-state index < -0.39 is 0 Å². The van der Waals surface area contributed by atoms with Gasteiger partial charge in [-0.3, -0.25) is 4.79 Å². The van der Waals surface area contributed by atoms with Gasteiger partial charge in [0.1, 0.15) is 0 Å². The molecule has 0 bridgehead atoms. The summed E-state index contributed by atoms with van der Waals surface area (Å²) < 4.78 is 0. The minimum Gasteiger partial charge on any atom is -0.399 e. The molecule has 0 spiro atoms. The van der Waals surface area contributed by atoms with Crippen molar-refractivity contribution in [3.05, 3.63) is 64.7 Å². The molecular formula is C17H18N2O. The second-order valence-electron chi connectivity index (χ2n) is 5.39. The molecule has 3 heteroatoms. The summed E-state index contributed by atoms with van der Waals surface area (Å²) in [6, 6.07) is 13.7. The number of fused-ring (bicyclic) bond motifs is 1. The van der Waals surface area contributed by atoms with E-state index >= 15 is 0 Å². The Kier molecular flexibility index (Phi) is 3.18. The summed E-state index contributed by atoms with van der Waals surface area (Å²) in [6.07, 6.45) is 1.91. The number of carbonyl (C=O) groups is 1. The van der Waals surface area contributed by atoms with Crippen molar-refractivity contribution >= 4 is 11.6 Å². The van der Waals surface area contributed by atoms with E-state index in [1.54, 1.807) is 0 Å². The topological polar surface area (TPSA) is 55.1 Å². The molecule has 1 atom stereocenters. The molecule has 102 valence electrons. The molecule has 0 saturated carbocycles. The summed E-state index contributed by atoms with van der Waals surface area (Å²) >= 11 is 0. The molecule has 0 heterocycles. The lowest BCUT2D eigenvalue weighted by Gasteiger charge is -2.14. The molecule has 3 nitrogen and oxygen atoms in total. The van der Waals surface area contributed by atoms with E-state index in [0.29, 0.717) is 5.56 Å². The van der Waals surface area contributed by atoms with Gasteiger partial charge < -0.3 is 11.1 Å². The predicted octanol–water partition coefficient (Wildman–Crippen LogP) is 2.99. The SMILES string of the molecule is Cc1ccc(C(=O)NC2CCc3cc(N)ccc32)cc1. The zero-order valence-corrected chi connectivity index (χ0v) is 11.5. The number of hydrogen-bond acceptors (Lipinski definition) is 2. The Morgan fingerprint density at radius 2 is 1.95 bits per heavy atom. The van der Waals surface area contributed by atoms with Crippen LogP contribution >= 0.6 is 0 Å². The Bertz CT molecular complexity index is 647. The van der Waals surface area contributed by atoms with Crippen LogP contribution in [0.5, 0.6) is 0 Å². The zero-order chi connectivity index (χ0) is 14.1. The van der Waals surface area contributed by atoms with E-state index in [1.807, 2.05) is 49.4 Å².